The van der Waals surface area contributed by atoms with Crippen LogP contribution in [0.25, 0.3) is 6.08 Å². The highest BCUT2D eigenvalue weighted by Gasteiger charge is 2.24. The number of nitrogens with zero attached hydrogens (tertiary/aromatic N) is 2. The molecule has 1 fully saturated rings. The number of aromatic nitrogens is 1. The highest BCUT2D eigenvalue weighted by atomic mass is 79.9. The average molecular weight is 366 g/mol. The third kappa shape index (κ3) is 3.00. The Balaban J connectivity index is 1.84. The van der Waals surface area contributed by atoms with Crippen LogP contribution in [0.5, 0.6) is 0 Å². The van der Waals surface area contributed by atoms with Crippen molar-refractivity contribution in [3.05, 3.63) is 50.2 Å². The summed E-state index contributed by atoms with van der Waals surface area (Å²) in [4.78, 5) is 21.9. The minimum Gasteiger partial charge on any atom is -0.300 e. The van der Waals surface area contributed by atoms with Gasteiger partial charge >= 0.3 is 0 Å². The van der Waals surface area contributed by atoms with Gasteiger partial charge in [0.05, 0.1) is 21.0 Å². The van der Waals surface area contributed by atoms with Gasteiger partial charge in [-0.1, -0.05) is 18.2 Å². The second-order valence-corrected chi connectivity index (χ2v) is 6.49. The van der Waals surface area contributed by atoms with E-state index in [1.54, 1.807) is 5.51 Å². The monoisotopic (exact) mass is 365 g/mol. The first-order valence-electron chi connectivity index (χ1n) is 5.66. The molecule has 2 heterocycles. The number of aliphatic imine (C=N–C) groups is 1. The minimum absolute atomic E-state index is 0.134. The Kier molecular flexibility index (Phi) is 4.00. The molecule has 4 nitrogen and oxygen atoms in total. The lowest BCUT2D eigenvalue weighted by Crippen LogP contribution is -2.19. The fourth-order valence-corrected chi connectivity index (χ4v) is 3.69. The van der Waals surface area contributed by atoms with Crippen LogP contribution < -0.4 is 5.32 Å². The Morgan fingerprint density at radius 2 is 2.10 bits per heavy atom. The predicted octanol–water partition coefficient (Wildman–Crippen LogP) is 3.80. The van der Waals surface area contributed by atoms with Crippen molar-refractivity contribution in [2.24, 2.45) is 4.99 Å². The van der Waals surface area contributed by atoms with Crippen molar-refractivity contribution < 1.29 is 4.79 Å². The molecule has 1 saturated heterocycles. The van der Waals surface area contributed by atoms with Gasteiger partial charge in [0.2, 0.25) is 0 Å². The van der Waals surface area contributed by atoms with E-state index in [0.29, 0.717) is 10.1 Å². The van der Waals surface area contributed by atoms with E-state index >= 15 is 0 Å². The standard InChI is InChI=1S/C13H8BrN3OS2/c14-11-9(19-7-15-11)6-10-12(18)17-13(20-10)16-8-4-2-1-3-5-8/h1-7H,(H,16,17,18)/b10-6-. The predicted molar refractivity (Wildman–Crippen MR) is 87.1 cm³/mol. The average Bonchev–Trinajstić information content (AvgIpc) is 2.99. The van der Waals surface area contributed by atoms with Gasteiger partial charge in [-0.2, -0.15) is 0 Å². The van der Waals surface area contributed by atoms with Gasteiger partial charge in [-0.05, 0) is 45.9 Å². The van der Waals surface area contributed by atoms with Gasteiger partial charge < -0.3 is 5.32 Å². The van der Waals surface area contributed by atoms with Crippen LogP contribution in [-0.4, -0.2) is 16.1 Å². The number of para-hydroxylation sites is 1. The molecule has 20 heavy (non-hydrogen) atoms. The van der Waals surface area contributed by atoms with E-state index in [9.17, 15) is 4.79 Å². The second kappa shape index (κ2) is 5.90. The van der Waals surface area contributed by atoms with Gasteiger partial charge in [-0.25, -0.2) is 9.98 Å². The minimum atomic E-state index is -0.134. The number of hydrogen-bond acceptors (Lipinski definition) is 5. The summed E-state index contributed by atoms with van der Waals surface area (Å²) in [6.45, 7) is 0. The maximum Gasteiger partial charge on any atom is 0.264 e. The molecule has 0 radical (unpaired) electrons. The van der Waals surface area contributed by atoms with E-state index in [1.165, 1.54) is 23.1 Å². The number of benzene rings is 1. The van der Waals surface area contributed by atoms with Crippen molar-refractivity contribution in [1.29, 1.82) is 0 Å². The molecule has 3 rings (SSSR count). The maximum atomic E-state index is 11.9. The number of carbonyl (C=O) groups excluding carboxylic acids is 1. The van der Waals surface area contributed by atoms with Gasteiger partial charge in [-0.15, -0.1) is 11.3 Å². The van der Waals surface area contributed by atoms with Gasteiger partial charge in [-0.3, -0.25) is 4.79 Å². The summed E-state index contributed by atoms with van der Waals surface area (Å²) in [7, 11) is 0. The Morgan fingerprint density at radius 3 is 2.80 bits per heavy atom. The molecule has 0 atom stereocenters. The topological polar surface area (TPSA) is 54.4 Å². The lowest BCUT2D eigenvalue weighted by molar-refractivity contribution is -0.115. The Bertz CT molecular complexity index is 709. The first kappa shape index (κ1) is 13.5. The van der Waals surface area contributed by atoms with Crippen LogP contribution in [0.4, 0.5) is 5.69 Å². The summed E-state index contributed by atoms with van der Waals surface area (Å²) < 4.78 is 0.747. The Labute approximate surface area is 132 Å². The number of thioether (sulfide) groups is 1. The maximum absolute atomic E-state index is 11.9. The van der Waals surface area contributed by atoms with Crippen LogP contribution in [0.2, 0.25) is 0 Å². The molecule has 1 aromatic heterocycles. The van der Waals surface area contributed by atoms with E-state index in [4.69, 9.17) is 0 Å². The quantitative estimate of drug-likeness (QED) is 0.823. The fourth-order valence-electron chi connectivity index (χ4n) is 1.55. The van der Waals surface area contributed by atoms with Crippen molar-refractivity contribution in [2.75, 3.05) is 0 Å². The normalized spacial score (nSPS) is 18.8. The summed E-state index contributed by atoms with van der Waals surface area (Å²) >= 11 is 6.15. The molecule has 0 aliphatic carbocycles. The zero-order valence-electron chi connectivity index (χ0n) is 10.0. The Morgan fingerprint density at radius 1 is 1.30 bits per heavy atom. The third-order valence-electron chi connectivity index (χ3n) is 2.45. The van der Waals surface area contributed by atoms with Gasteiger partial charge in [0, 0.05) is 0 Å². The van der Waals surface area contributed by atoms with E-state index in [2.05, 4.69) is 31.2 Å². The van der Waals surface area contributed by atoms with E-state index < -0.39 is 0 Å². The molecule has 7 heteroatoms. The summed E-state index contributed by atoms with van der Waals surface area (Å²) in [6, 6.07) is 9.52. The van der Waals surface area contributed by atoms with E-state index in [1.807, 2.05) is 36.4 Å². The van der Waals surface area contributed by atoms with Crippen molar-refractivity contribution in [3.8, 4) is 0 Å². The first-order chi connectivity index (χ1) is 9.72. The number of nitrogens with one attached hydrogen (secondary N) is 1. The summed E-state index contributed by atoms with van der Waals surface area (Å²) in [6.07, 6.45) is 1.81. The van der Waals surface area contributed by atoms with Gasteiger partial charge in [0.15, 0.2) is 5.17 Å². The van der Waals surface area contributed by atoms with Gasteiger partial charge in [0.25, 0.3) is 5.91 Å². The molecule has 0 spiro atoms. The lowest BCUT2D eigenvalue weighted by Gasteiger charge is -1.94. The van der Waals surface area contributed by atoms with Crippen LogP contribution in [0, 0.1) is 0 Å². The number of rotatable bonds is 2. The number of carbonyl (C=O) groups is 1. The molecule has 100 valence electrons. The molecular weight excluding hydrogens is 358 g/mol. The summed E-state index contributed by atoms with van der Waals surface area (Å²) in [5.41, 5.74) is 2.54. The molecular formula is C13H8BrN3OS2. The molecule has 0 bridgehead atoms. The molecule has 0 unspecified atom stereocenters. The highest BCUT2D eigenvalue weighted by molar-refractivity contribution is 9.10. The van der Waals surface area contributed by atoms with Gasteiger partial charge in [0.1, 0.15) is 4.60 Å². The van der Waals surface area contributed by atoms with Crippen molar-refractivity contribution >= 4 is 61.9 Å². The zero-order valence-corrected chi connectivity index (χ0v) is 13.3. The van der Waals surface area contributed by atoms with Crippen molar-refractivity contribution in [3.63, 3.8) is 0 Å². The fraction of sp³-hybridized carbons (Fsp3) is 0. The van der Waals surface area contributed by atoms with Crippen LogP contribution >= 0.6 is 39.0 Å². The molecule has 1 aliphatic heterocycles. The zero-order chi connectivity index (χ0) is 13.9. The van der Waals surface area contributed by atoms with E-state index in [0.717, 1.165) is 15.2 Å². The number of thiazole rings is 1. The number of halogens is 1. The molecule has 1 N–H and O–H groups in total. The highest BCUT2D eigenvalue weighted by Crippen LogP contribution is 2.30. The van der Waals surface area contributed by atoms with Crippen molar-refractivity contribution in [2.45, 2.75) is 0 Å². The molecule has 1 amide bonds. The molecule has 2 aromatic rings. The smallest absolute Gasteiger partial charge is 0.264 e. The third-order valence-corrected chi connectivity index (χ3v) is 5.03. The Hall–Kier alpha value is -1.44. The van der Waals surface area contributed by atoms with Crippen LogP contribution in [0.1, 0.15) is 4.88 Å². The second-order valence-electron chi connectivity index (χ2n) is 3.82. The summed E-state index contributed by atoms with van der Waals surface area (Å²) in [5, 5.41) is 3.35. The number of amides is 1. The van der Waals surface area contributed by atoms with Crippen LogP contribution in [0.15, 0.2) is 50.3 Å². The molecule has 1 aliphatic rings. The largest absolute Gasteiger partial charge is 0.300 e. The molecule has 1 aromatic carbocycles. The molecule has 0 saturated carbocycles. The lowest BCUT2D eigenvalue weighted by atomic mass is 10.3. The first-order valence-corrected chi connectivity index (χ1v) is 8.15. The van der Waals surface area contributed by atoms with Crippen molar-refractivity contribution in [1.82, 2.24) is 10.3 Å². The van der Waals surface area contributed by atoms with E-state index in [-0.39, 0.29) is 5.91 Å². The van der Waals surface area contributed by atoms with Crippen LogP contribution in [-0.2, 0) is 4.79 Å². The van der Waals surface area contributed by atoms with Crippen LogP contribution in [0.3, 0.4) is 0 Å². The summed E-state index contributed by atoms with van der Waals surface area (Å²) in [5.74, 6) is -0.134. The number of hydrogen-bond donors (Lipinski definition) is 1. The number of amidine groups is 1. The SMILES string of the molecule is O=C1NC(=Nc2ccccc2)S/C1=C\c1scnc1Br.